The van der Waals surface area contributed by atoms with E-state index in [1.54, 1.807) is 7.11 Å². The number of nitrogens with one attached hydrogen (secondary N) is 2. The standard InChI is InChI=1S/C21H23BrN2O/c1-13(14-6-9-16(25-2)10-7-14)23-20-5-3-4-17-18-12-15(22)8-11-19(18)24-21(17)20/h6-13,20,23-24H,3-5H2,1-2H3/t13?,20-/m1/s1. The molecule has 0 fully saturated rings. The number of halogens is 1. The molecule has 0 bridgehead atoms. The van der Waals surface area contributed by atoms with Crippen molar-refractivity contribution in [1.82, 2.24) is 10.3 Å². The van der Waals surface area contributed by atoms with E-state index in [4.69, 9.17) is 4.74 Å². The van der Waals surface area contributed by atoms with E-state index in [1.807, 2.05) is 12.1 Å². The van der Waals surface area contributed by atoms with Crippen molar-refractivity contribution in [2.45, 2.75) is 38.3 Å². The summed E-state index contributed by atoms with van der Waals surface area (Å²) in [6.45, 7) is 2.23. The molecule has 130 valence electrons. The van der Waals surface area contributed by atoms with E-state index in [2.05, 4.69) is 63.5 Å². The van der Waals surface area contributed by atoms with E-state index in [0.29, 0.717) is 12.1 Å². The zero-order valence-electron chi connectivity index (χ0n) is 14.6. The first kappa shape index (κ1) is 16.7. The van der Waals surface area contributed by atoms with E-state index in [-0.39, 0.29) is 0 Å². The number of fused-ring (bicyclic) bond motifs is 3. The lowest BCUT2D eigenvalue weighted by Crippen LogP contribution is -2.27. The molecule has 25 heavy (non-hydrogen) atoms. The molecule has 2 atom stereocenters. The third-order valence-electron chi connectivity index (χ3n) is 5.24. The number of ether oxygens (including phenoxy) is 1. The largest absolute Gasteiger partial charge is 0.497 e. The zero-order valence-corrected chi connectivity index (χ0v) is 16.2. The highest BCUT2D eigenvalue weighted by molar-refractivity contribution is 9.10. The van der Waals surface area contributed by atoms with Gasteiger partial charge in [-0.1, -0.05) is 28.1 Å². The Balaban J connectivity index is 1.61. The number of hydrogen-bond acceptors (Lipinski definition) is 2. The molecule has 4 heteroatoms. The van der Waals surface area contributed by atoms with E-state index < -0.39 is 0 Å². The van der Waals surface area contributed by atoms with Gasteiger partial charge in [0.2, 0.25) is 0 Å². The molecule has 3 nitrogen and oxygen atoms in total. The van der Waals surface area contributed by atoms with Gasteiger partial charge in [0.25, 0.3) is 0 Å². The fraction of sp³-hybridized carbons (Fsp3) is 0.333. The Morgan fingerprint density at radius 3 is 2.76 bits per heavy atom. The molecule has 1 heterocycles. The van der Waals surface area contributed by atoms with Crippen LogP contribution in [0.4, 0.5) is 0 Å². The van der Waals surface area contributed by atoms with Crippen molar-refractivity contribution in [3.63, 3.8) is 0 Å². The monoisotopic (exact) mass is 398 g/mol. The Bertz CT molecular complexity index is 885. The van der Waals surface area contributed by atoms with Crippen LogP contribution in [0.25, 0.3) is 10.9 Å². The van der Waals surface area contributed by atoms with Gasteiger partial charge in [0.05, 0.1) is 7.11 Å². The first-order valence-electron chi connectivity index (χ1n) is 8.85. The summed E-state index contributed by atoms with van der Waals surface area (Å²) in [5.74, 6) is 0.900. The number of methoxy groups -OCH3 is 1. The van der Waals surface area contributed by atoms with Crippen LogP contribution in [-0.2, 0) is 6.42 Å². The van der Waals surface area contributed by atoms with Crippen LogP contribution in [0.1, 0.15) is 48.7 Å². The van der Waals surface area contributed by atoms with Crippen molar-refractivity contribution < 1.29 is 4.74 Å². The summed E-state index contributed by atoms with van der Waals surface area (Å²) in [6, 6.07) is 15.5. The summed E-state index contributed by atoms with van der Waals surface area (Å²) >= 11 is 3.60. The predicted molar refractivity (Wildman–Crippen MR) is 106 cm³/mol. The molecular formula is C21H23BrN2O. The van der Waals surface area contributed by atoms with Gasteiger partial charge in [-0.15, -0.1) is 0 Å². The zero-order chi connectivity index (χ0) is 17.4. The second-order valence-corrected chi connectivity index (χ2v) is 7.73. The van der Waals surface area contributed by atoms with Crippen molar-refractivity contribution in [2.75, 3.05) is 7.11 Å². The Kier molecular flexibility index (Phi) is 4.57. The van der Waals surface area contributed by atoms with Gasteiger partial charge in [0.15, 0.2) is 0 Å². The SMILES string of the molecule is COc1ccc(C(C)N[C@@H]2CCCc3c2[nH]c2ccc(Br)cc32)cc1. The van der Waals surface area contributed by atoms with Crippen molar-refractivity contribution in [1.29, 1.82) is 0 Å². The van der Waals surface area contributed by atoms with Crippen LogP contribution in [0.5, 0.6) is 5.75 Å². The summed E-state index contributed by atoms with van der Waals surface area (Å²) in [5.41, 5.74) is 5.35. The quantitative estimate of drug-likeness (QED) is 0.593. The number of aromatic nitrogens is 1. The van der Waals surface area contributed by atoms with Gasteiger partial charge < -0.3 is 15.0 Å². The lowest BCUT2D eigenvalue weighted by Gasteiger charge is -2.27. The Morgan fingerprint density at radius 1 is 1.20 bits per heavy atom. The van der Waals surface area contributed by atoms with Crippen LogP contribution >= 0.6 is 15.9 Å². The summed E-state index contributed by atoms with van der Waals surface area (Å²) in [7, 11) is 1.70. The predicted octanol–water partition coefficient (Wildman–Crippen LogP) is 5.67. The van der Waals surface area contributed by atoms with Crippen LogP contribution in [0.15, 0.2) is 46.9 Å². The van der Waals surface area contributed by atoms with Gasteiger partial charge in [-0.2, -0.15) is 0 Å². The van der Waals surface area contributed by atoms with E-state index >= 15 is 0 Å². The van der Waals surface area contributed by atoms with Crippen LogP contribution in [0, 0.1) is 0 Å². The number of benzene rings is 2. The van der Waals surface area contributed by atoms with E-state index in [9.17, 15) is 0 Å². The van der Waals surface area contributed by atoms with Gasteiger partial charge >= 0.3 is 0 Å². The summed E-state index contributed by atoms with van der Waals surface area (Å²) < 4.78 is 6.40. The molecule has 1 aromatic heterocycles. The minimum atomic E-state index is 0.292. The molecule has 1 unspecified atom stereocenters. The lowest BCUT2D eigenvalue weighted by molar-refractivity contribution is 0.406. The molecule has 0 saturated carbocycles. The van der Waals surface area contributed by atoms with Gasteiger partial charge in [-0.05, 0) is 67.6 Å². The maximum absolute atomic E-state index is 5.26. The fourth-order valence-electron chi connectivity index (χ4n) is 3.89. The summed E-state index contributed by atoms with van der Waals surface area (Å²) in [4.78, 5) is 3.67. The van der Waals surface area contributed by atoms with Gasteiger partial charge in [-0.25, -0.2) is 0 Å². The number of hydrogen-bond donors (Lipinski definition) is 2. The molecule has 1 aliphatic carbocycles. The van der Waals surface area contributed by atoms with Gasteiger partial charge in [0.1, 0.15) is 5.75 Å². The van der Waals surface area contributed by atoms with Crippen LogP contribution < -0.4 is 10.1 Å². The Morgan fingerprint density at radius 2 is 2.00 bits per heavy atom. The number of aryl methyl sites for hydroxylation is 1. The Hall–Kier alpha value is -1.78. The van der Waals surface area contributed by atoms with Crippen molar-refractivity contribution in [3.05, 3.63) is 63.8 Å². The first-order valence-corrected chi connectivity index (χ1v) is 9.65. The second-order valence-electron chi connectivity index (χ2n) is 6.81. The molecule has 4 rings (SSSR count). The van der Waals surface area contributed by atoms with E-state index in [0.717, 1.165) is 16.6 Å². The topological polar surface area (TPSA) is 37.0 Å². The van der Waals surface area contributed by atoms with Crippen LogP contribution in [-0.4, -0.2) is 12.1 Å². The first-order chi connectivity index (χ1) is 12.2. The molecule has 2 N–H and O–H groups in total. The van der Waals surface area contributed by atoms with Crippen LogP contribution in [0.2, 0.25) is 0 Å². The molecule has 0 spiro atoms. The molecule has 0 amide bonds. The molecular weight excluding hydrogens is 376 g/mol. The number of H-pyrrole nitrogens is 1. The molecule has 0 aliphatic heterocycles. The van der Waals surface area contributed by atoms with E-state index in [1.165, 1.54) is 40.6 Å². The number of rotatable bonds is 4. The number of aromatic amines is 1. The molecule has 0 radical (unpaired) electrons. The minimum Gasteiger partial charge on any atom is -0.497 e. The average molecular weight is 399 g/mol. The third-order valence-corrected chi connectivity index (χ3v) is 5.73. The van der Waals surface area contributed by atoms with Crippen molar-refractivity contribution in [3.8, 4) is 5.75 Å². The average Bonchev–Trinajstić information content (AvgIpc) is 3.01. The highest BCUT2D eigenvalue weighted by Crippen LogP contribution is 2.37. The second kappa shape index (κ2) is 6.85. The fourth-order valence-corrected chi connectivity index (χ4v) is 4.25. The highest BCUT2D eigenvalue weighted by atomic mass is 79.9. The highest BCUT2D eigenvalue weighted by Gasteiger charge is 2.25. The van der Waals surface area contributed by atoms with Crippen molar-refractivity contribution >= 4 is 26.8 Å². The van der Waals surface area contributed by atoms with Crippen LogP contribution in [0.3, 0.4) is 0 Å². The lowest BCUT2D eigenvalue weighted by atomic mass is 9.91. The maximum atomic E-state index is 5.26. The van der Waals surface area contributed by atoms with Crippen molar-refractivity contribution in [2.24, 2.45) is 0 Å². The van der Waals surface area contributed by atoms with Gasteiger partial charge in [-0.3, -0.25) is 0 Å². The summed E-state index contributed by atoms with van der Waals surface area (Å²) in [6.07, 6.45) is 3.54. The molecule has 1 aliphatic rings. The molecule has 2 aromatic carbocycles. The minimum absolute atomic E-state index is 0.292. The normalized spacial score (nSPS) is 18.1. The molecule has 0 saturated heterocycles. The summed E-state index contributed by atoms with van der Waals surface area (Å²) in [5, 5.41) is 5.18. The maximum Gasteiger partial charge on any atom is 0.118 e. The smallest absolute Gasteiger partial charge is 0.118 e. The third kappa shape index (κ3) is 3.21. The van der Waals surface area contributed by atoms with Gasteiger partial charge in [0, 0.05) is 33.2 Å². The molecule has 3 aromatic rings. The Labute approximate surface area is 156 Å².